The van der Waals surface area contributed by atoms with Gasteiger partial charge in [0.1, 0.15) is 0 Å². The summed E-state index contributed by atoms with van der Waals surface area (Å²) in [6.07, 6.45) is 12.6. The van der Waals surface area contributed by atoms with Crippen LogP contribution in [0.3, 0.4) is 0 Å². The van der Waals surface area contributed by atoms with Crippen LogP contribution in [0.5, 0.6) is 0 Å². The van der Waals surface area contributed by atoms with Crippen molar-refractivity contribution in [1.82, 2.24) is 0 Å². The molecule has 0 amide bonds. The number of sulfone groups is 2. The van der Waals surface area contributed by atoms with Crippen molar-refractivity contribution in [1.29, 1.82) is 0 Å². The van der Waals surface area contributed by atoms with Crippen molar-refractivity contribution in [3.05, 3.63) is 142 Å². The van der Waals surface area contributed by atoms with Gasteiger partial charge in [0, 0.05) is 28.7 Å². The second kappa shape index (κ2) is 15.4. The van der Waals surface area contributed by atoms with E-state index in [-0.39, 0.29) is 16.1 Å². The number of esters is 1. The number of rotatable bonds is 12. The third kappa shape index (κ3) is 9.25. The zero-order chi connectivity index (χ0) is 35.1. The number of hydrogen-bond acceptors (Lipinski definition) is 7. The highest BCUT2D eigenvalue weighted by Gasteiger charge is 2.35. The second-order valence-corrected chi connectivity index (χ2v) is 17.9. The van der Waals surface area contributed by atoms with Crippen molar-refractivity contribution < 1.29 is 26.4 Å². The Morgan fingerprint density at radius 1 is 1.00 bits per heavy atom. The largest absolute Gasteiger partial charge is 0.462 e. The zero-order valence-corrected chi connectivity index (χ0v) is 30.2. The fourth-order valence-corrected chi connectivity index (χ4v) is 7.51. The molecule has 1 aliphatic rings. The lowest BCUT2D eigenvalue weighted by Gasteiger charge is -2.28. The van der Waals surface area contributed by atoms with Crippen LogP contribution in [-0.4, -0.2) is 46.7 Å². The summed E-state index contributed by atoms with van der Waals surface area (Å²) in [6.45, 7) is 10.8. The summed E-state index contributed by atoms with van der Waals surface area (Å²) >= 11 is 1.62. The Morgan fingerprint density at radius 3 is 2.29 bits per heavy atom. The molecule has 3 aromatic carbocycles. The minimum absolute atomic E-state index is 0.0946. The van der Waals surface area contributed by atoms with E-state index >= 15 is 0 Å². The summed E-state index contributed by atoms with van der Waals surface area (Å²) < 4.78 is 53.9. The molecular formula is C38H40NO6S3+. The normalized spacial score (nSPS) is 15.5. The Bertz CT molecular complexity index is 2050. The van der Waals surface area contributed by atoms with E-state index in [9.17, 15) is 21.6 Å². The quantitative estimate of drug-likeness (QED) is 0.138. The van der Waals surface area contributed by atoms with Crippen LogP contribution in [0.4, 0.5) is 0 Å². The van der Waals surface area contributed by atoms with Crippen molar-refractivity contribution in [2.24, 2.45) is 0 Å². The summed E-state index contributed by atoms with van der Waals surface area (Å²) in [4.78, 5) is 16.9. The smallest absolute Gasteiger partial charge is 0.338 e. The summed E-state index contributed by atoms with van der Waals surface area (Å²) in [7, 11) is -6.78. The second-order valence-electron chi connectivity index (χ2n) is 12.1. The average Bonchev–Trinajstić information content (AvgIpc) is 3.04. The molecule has 10 heteroatoms. The molecule has 0 fully saturated rings. The molecule has 4 rings (SSSR count). The molecule has 0 heterocycles. The van der Waals surface area contributed by atoms with Crippen LogP contribution in [0.1, 0.15) is 59.5 Å². The molecule has 0 saturated heterocycles. The Morgan fingerprint density at radius 2 is 1.69 bits per heavy atom. The topological polar surface area (TPSA) is 98.9 Å². The number of thioether (sulfide) groups is 1. The fraction of sp³-hybridized carbons (Fsp3) is 0.263. The summed E-state index contributed by atoms with van der Waals surface area (Å²) in [5, 5.41) is -0.0946. The van der Waals surface area contributed by atoms with Crippen molar-refractivity contribution in [3.8, 4) is 6.57 Å². The Balaban J connectivity index is 1.71. The van der Waals surface area contributed by atoms with Gasteiger partial charge in [-0.15, -0.1) is 11.8 Å². The van der Waals surface area contributed by atoms with Gasteiger partial charge in [0.2, 0.25) is 0 Å². The van der Waals surface area contributed by atoms with E-state index in [1.807, 2.05) is 54.6 Å². The maximum Gasteiger partial charge on any atom is 0.338 e. The summed E-state index contributed by atoms with van der Waals surface area (Å²) in [5.74, 6) is -0.378. The first-order valence-electron chi connectivity index (χ1n) is 15.3. The molecule has 0 aliphatic heterocycles. The van der Waals surface area contributed by atoms with Crippen LogP contribution in [0.15, 0.2) is 124 Å². The molecule has 250 valence electrons. The van der Waals surface area contributed by atoms with E-state index in [0.717, 1.165) is 32.7 Å². The van der Waals surface area contributed by atoms with Crippen LogP contribution < -0.4 is 0 Å². The van der Waals surface area contributed by atoms with Crippen LogP contribution in [-0.2, 0) is 30.8 Å². The molecule has 1 atom stereocenters. The molecule has 1 unspecified atom stereocenters. The van der Waals surface area contributed by atoms with Gasteiger partial charge in [0.15, 0.2) is 19.7 Å². The highest BCUT2D eigenvalue weighted by Crippen LogP contribution is 2.40. The van der Waals surface area contributed by atoms with Crippen LogP contribution in [0.2, 0.25) is 0 Å². The minimum atomic E-state index is -3.43. The SMILES string of the molecule is C#[N+]/C=C\C=C1\C=C(C(C)(C)S(C)(=O)=O)C=C(c2cccc(CC(Sc3ccc(C(=O)OCC)cc3)c3ccc(S(C)(=O)=O)cc3)c2)C1. The number of carbonyl (C=O) groups excluding carboxylic acids is 1. The Labute approximate surface area is 288 Å². The number of allylic oxidation sites excluding steroid dienone is 6. The molecular weight excluding hydrogens is 663 g/mol. The summed E-state index contributed by atoms with van der Waals surface area (Å²) in [6, 6.07) is 22.4. The molecule has 1 aliphatic carbocycles. The number of benzene rings is 3. The number of ether oxygens (including phenoxy) is 1. The van der Waals surface area contributed by atoms with Crippen LogP contribution >= 0.6 is 11.8 Å². The lowest BCUT2D eigenvalue weighted by Crippen LogP contribution is -2.33. The van der Waals surface area contributed by atoms with E-state index in [4.69, 9.17) is 11.3 Å². The lowest BCUT2D eigenvalue weighted by atomic mass is 9.85. The maximum atomic E-state index is 12.8. The van der Waals surface area contributed by atoms with Gasteiger partial charge < -0.3 is 4.74 Å². The summed E-state index contributed by atoms with van der Waals surface area (Å²) in [5.41, 5.74) is 6.03. The van der Waals surface area contributed by atoms with E-state index in [2.05, 4.69) is 17.0 Å². The fourth-order valence-electron chi connectivity index (χ4n) is 5.14. The average molecular weight is 703 g/mol. The number of hydrogen-bond donors (Lipinski definition) is 0. The molecule has 0 saturated carbocycles. The predicted octanol–water partition coefficient (Wildman–Crippen LogP) is 8.28. The predicted molar refractivity (Wildman–Crippen MR) is 196 cm³/mol. The maximum absolute atomic E-state index is 12.8. The first-order chi connectivity index (χ1) is 22.6. The van der Waals surface area contributed by atoms with Gasteiger partial charge in [-0.2, -0.15) is 0 Å². The van der Waals surface area contributed by atoms with Gasteiger partial charge in [0.05, 0.1) is 21.8 Å². The minimum Gasteiger partial charge on any atom is -0.462 e. The highest BCUT2D eigenvalue weighted by atomic mass is 32.2. The third-order valence-corrected chi connectivity index (χ3v) is 12.7. The van der Waals surface area contributed by atoms with Gasteiger partial charge >= 0.3 is 12.2 Å². The van der Waals surface area contributed by atoms with Gasteiger partial charge in [-0.25, -0.2) is 21.6 Å². The van der Waals surface area contributed by atoms with E-state index in [1.165, 1.54) is 18.7 Å². The van der Waals surface area contributed by atoms with E-state index in [0.29, 0.717) is 30.6 Å². The monoisotopic (exact) mass is 702 g/mol. The molecule has 3 aromatic rings. The van der Waals surface area contributed by atoms with Crippen molar-refractivity contribution in [3.63, 3.8) is 0 Å². The number of carbonyl (C=O) groups is 1. The molecule has 0 spiro atoms. The molecule has 48 heavy (non-hydrogen) atoms. The van der Waals surface area contributed by atoms with Crippen LogP contribution in [0.25, 0.3) is 10.4 Å². The molecule has 0 aromatic heterocycles. The molecule has 0 N–H and O–H groups in total. The third-order valence-electron chi connectivity index (χ3n) is 8.21. The van der Waals surface area contributed by atoms with Gasteiger partial charge in [-0.3, -0.25) is 0 Å². The highest BCUT2D eigenvalue weighted by molar-refractivity contribution is 7.99. The van der Waals surface area contributed by atoms with Crippen LogP contribution in [0, 0.1) is 6.57 Å². The van der Waals surface area contributed by atoms with E-state index < -0.39 is 24.4 Å². The van der Waals surface area contributed by atoms with Crippen molar-refractivity contribution in [2.45, 2.75) is 53.4 Å². The van der Waals surface area contributed by atoms with Gasteiger partial charge in [0.25, 0.3) is 6.57 Å². The first-order valence-corrected chi connectivity index (χ1v) is 20.0. The van der Waals surface area contributed by atoms with Gasteiger partial charge in [-0.05, 0) is 108 Å². The molecule has 0 bridgehead atoms. The lowest BCUT2D eigenvalue weighted by molar-refractivity contribution is 0.0526. The number of nitrogens with zero attached hydrogens (tertiary/aromatic N) is 1. The van der Waals surface area contributed by atoms with Gasteiger partial charge in [-0.1, -0.05) is 54.6 Å². The zero-order valence-electron chi connectivity index (χ0n) is 27.7. The Kier molecular flexibility index (Phi) is 11.7. The standard InChI is InChI=1S/C38H40NO6S3/c1-7-45-37(40)30-13-17-34(18-14-30)46-36(29-15-19-35(20-16-29)47(5,41)42)25-28-10-8-12-31(22-28)32-23-27(11-9-21-39-4)24-33(26-32)38(2,3)48(6,43)44/h4,8-22,24,26,36H,7,23,25H2,1-3,5-6H3/q+1/b21-9-,27-11+. The van der Waals surface area contributed by atoms with Crippen molar-refractivity contribution >= 4 is 43.0 Å². The first kappa shape index (κ1) is 36.7. The van der Waals surface area contributed by atoms with E-state index in [1.54, 1.807) is 62.9 Å². The molecule has 0 radical (unpaired) electrons. The molecule has 7 nitrogen and oxygen atoms in total. The van der Waals surface area contributed by atoms with Crippen molar-refractivity contribution in [2.75, 3.05) is 19.1 Å². The Hall–Kier alpha value is -4.17.